The second kappa shape index (κ2) is 10.1. The first-order valence-electron chi connectivity index (χ1n) is 9.72. The van der Waals surface area contributed by atoms with Gasteiger partial charge in [0.05, 0.1) is 4.90 Å². The van der Waals surface area contributed by atoms with Crippen molar-refractivity contribution in [1.29, 1.82) is 0 Å². The fourth-order valence-electron chi connectivity index (χ4n) is 3.04. The van der Waals surface area contributed by atoms with Crippen LogP contribution in [0.4, 0.5) is 14.9 Å². The molecule has 7 nitrogen and oxygen atoms in total. The van der Waals surface area contributed by atoms with Crippen molar-refractivity contribution in [1.82, 2.24) is 10.0 Å². The molecule has 0 aliphatic carbocycles. The highest BCUT2D eigenvalue weighted by molar-refractivity contribution is 7.90. The molecule has 0 aliphatic heterocycles. The van der Waals surface area contributed by atoms with Gasteiger partial charge >= 0.3 is 6.03 Å². The van der Waals surface area contributed by atoms with E-state index in [1.165, 1.54) is 60.5 Å². The second-order valence-electron chi connectivity index (χ2n) is 7.01. The van der Waals surface area contributed by atoms with Crippen molar-refractivity contribution in [2.24, 2.45) is 0 Å². The highest BCUT2D eigenvalue weighted by atomic mass is 32.2. The van der Waals surface area contributed by atoms with Crippen molar-refractivity contribution in [2.75, 3.05) is 11.9 Å². The largest absolute Gasteiger partial charge is 0.329 e. The molecule has 0 aliphatic rings. The number of hydrogen-bond donors (Lipinski definition) is 2. The maximum absolute atomic E-state index is 13.2. The molecule has 1 atom stereocenters. The Balaban J connectivity index is 1.80. The van der Waals surface area contributed by atoms with Crippen LogP contribution in [0.3, 0.4) is 0 Å². The molecule has 3 amide bonds. The van der Waals surface area contributed by atoms with E-state index in [0.29, 0.717) is 5.69 Å². The molecule has 0 fully saturated rings. The number of anilines is 1. The van der Waals surface area contributed by atoms with E-state index in [2.05, 4.69) is 5.32 Å². The lowest BCUT2D eigenvalue weighted by atomic mass is 10.0. The number of halogens is 1. The van der Waals surface area contributed by atoms with E-state index in [0.717, 1.165) is 5.56 Å². The predicted octanol–water partition coefficient (Wildman–Crippen LogP) is 3.09. The van der Waals surface area contributed by atoms with Crippen molar-refractivity contribution in [2.45, 2.75) is 17.4 Å². The summed E-state index contributed by atoms with van der Waals surface area (Å²) < 4.78 is 40.0. The minimum Gasteiger partial charge on any atom is -0.325 e. The Hall–Kier alpha value is -3.72. The van der Waals surface area contributed by atoms with E-state index < -0.39 is 33.8 Å². The number of benzene rings is 3. The fraction of sp³-hybridized carbons (Fsp3) is 0.130. The van der Waals surface area contributed by atoms with Crippen LogP contribution in [0.15, 0.2) is 89.8 Å². The Kier molecular flexibility index (Phi) is 7.21. The number of sulfonamides is 1. The van der Waals surface area contributed by atoms with E-state index in [1.54, 1.807) is 30.3 Å². The van der Waals surface area contributed by atoms with Gasteiger partial charge in [0.15, 0.2) is 0 Å². The summed E-state index contributed by atoms with van der Waals surface area (Å²) in [5, 5.41) is 2.46. The number of nitrogens with zero attached hydrogens (tertiary/aromatic N) is 1. The first kappa shape index (κ1) is 23.0. The summed E-state index contributed by atoms with van der Waals surface area (Å²) in [7, 11) is -2.62. The molecule has 0 saturated heterocycles. The van der Waals surface area contributed by atoms with Crippen LogP contribution in [-0.2, 0) is 21.2 Å². The zero-order valence-corrected chi connectivity index (χ0v) is 18.1. The third kappa shape index (κ3) is 5.92. The minimum absolute atomic E-state index is 0.0792. The van der Waals surface area contributed by atoms with Gasteiger partial charge in [-0.25, -0.2) is 22.3 Å². The zero-order valence-electron chi connectivity index (χ0n) is 17.2. The summed E-state index contributed by atoms with van der Waals surface area (Å²) in [6.07, 6.45) is 0.129. The molecular formula is C23H22FN3O4S. The molecule has 9 heteroatoms. The summed E-state index contributed by atoms with van der Waals surface area (Å²) in [6, 6.07) is 19.6. The SMILES string of the molecule is CN(C(=O)C(Cc1ccccc1)NC(=O)NS(=O)(=O)c1ccccc1)c1ccc(F)cc1. The van der Waals surface area contributed by atoms with Crippen molar-refractivity contribution >= 4 is 27.6 Å². The van der Waals surface area contributed by atoms with Crippen LogP contribution in [0, 0.1) is 5.82 Å². The Morgan fingerprint density at radius 3 is 2.06 bits per heavy atom. The first-order valence-corrected chi connectivity index (χ1v) is 11.2. The van der Waals surface area contributed by atoms with Crippen LogP contribution in [0.1, 0.15) is 5.56 Å². The van der Waals surface area contributed by atoms with Gasteiger partial charge in [-0.1, -0.05) is 48.5 Å². The average molecular weight is 456 g/mol. The highest BCUT2D eigenvalue weighted by Gasteiger charge is 2.27. The van der Waals surface area contributed by atoms with E-state index in [-0.39, 0.29) is 11.3 Å². The molecule has 0 bridgehead atoms. The number of urea groups is 1. The van der Waals surface area contributed by atoms with Crippen LogP contribution in [0.25, 0.3) is 0 Å². The van der Waals surface area contributed by atoms with Crippen molar-refractivity contribution in [3.05, 3.63) is 96.3 Å². The first-order chi connectivity index (χ1) is 15.3. The van der Waals surface area contributed by atoms with Gasteiger partial charge in [-0.15, -0.1) is 0 Å². The third-order valence-corrected chi connectivity index (χ3v) is 6.06. The zero-order chi connectivity index (χ0) is 23.1. The maximum Gasteiger partial charge on any atom is 0.329 e. The molecule has 3 rings (SSSR count). The molecule has 0 radical (unpaired) electrons. The van der Waals surface area contributed by atoms with Gasteiger partial charge in [0, 0.05) is 19.2 Å². The molecule has 166 valence electrons. The van der Waals surface area contributed by atoms with Crippen molar-refractivity contribution in [3.63, 3.8) is 0 Å². The maximum atomic E-state index is 13.2. The summed E-state index contributed by atoms with van der Waals surface area (Å²) in [4.78, 5) is 26.9. The minimum atomic E-state index is -4.11. The Bertz CT molecular complexity index is 1170. The third-order valence-electron chi connectivity index (χ3n) is 4.71. The lowest BCUT2D eigenvalue weighted by Crippen LogP contribution is -2.52. The normalized spacial score (nSPS) is 11.9. The van der Waals surface area contributed by atoms with Gasteiger partial charge in [0.2, 0.25) is 5.91 Å². The molecule has 1 unspecified atom stereocenters. The van der Waals surface area contributed by atoms with Gasteiger partial charge in [-0.05, 0) is 42.0 Å². The van der Waals surface area contributed by atoms with E-state index in [9.17, 15) is 22.4 Å². The summed E-state index contributed by atoms with van der Waals surface area (Å²) in [6.45, 7) is 0. The Morgan fingerprint density at radius 2 is 1.47 bits per heavy atom. The number of carbonyl (C=O) groups is 2. The Labute approximate surface area is 185 Å². The average Bonchev–Trinajstić information content (AvgIpc) is 2.79. The summed E-state index contributed by atoms with van der Waals surface area (Å²) in [5.74, 6) is -0.938. The number of carbonyl (C=O) groups excluding carboxylic acids is 2. The number of likely N-dealkylation sites (N-methyl/N-ethyl adjacent to an activating group) is 1. The smallest absolute Gasteiger partial charge is 0.325 e. The second-order valence-corrected chi connectivity index (χ2v) is 8.69. The summed E-state index contributed by atoms with van der Waals surface area (Å²) >= 11 is 0. The molecule has 2 N–H and O–H groups in total. The lowest BCUT2D eigenvalue weighted by Gasteiger charge is -2.25. The summed E-state index contributed by atoms with van der Waals surface area (Å²) in [5.41, 5.74) is 1.19. The van der Waals surface area contributed by atoms with Crippen molar-refractivity contribution in [3.8, 4) is 0 Å². The van der Waals surface area contributed by atoms with Gasteiger partial charge in [-0.3, -0.25) is 4.79 Å². The van der Waals surface area contributed by atoms with E-state index in [4.69, 9.17) is 0 Å². The van der Waals surface area contributed by atoms with Crippen LogP contribution in [-0.4, -0.2) is 33.4 Å². The Morgan fingerprint density at radius 1 is 0.906 bits per heavy atom. The monoisotopic (exact) mass is 455 g/mol. The van der Waals surface area contributed by atoms with Gasteiger partial charge < -0.3 is 10.2 Å². The van der Waals surface area contributed by atoms with Gasteiger partial charge in [-0.2, -0.15) is 0 Å². The van der Waals surface area contributed by atoms with Crippen LogP contribution < -0.4 is 14.9 Å². The molecular weight excluding hydrogens is 433 g/mol. The standard InChI is InChI=1S/C23H22FN3O4S/c1-27(19-14-12-18(24)13-15-19)22(28)21(16-17-8-4-2-5-9-17)25-23(29)26-32(30,31)20-10-6-3-7-11-20/h2-15,21H,16H2,1H3,(H2,25,26,29). The molecule has 0 saturated carbocycles. The fourth-order valence-corrected chi connectivity index (χ4v) is 3.98. The number of nitrogens with one attached hydrogen (secondary N) is 2. The topological polar surface area (TPSA) is 95.6 Å². The number of amides is 3. The molecule has 0 spiro atoms. The molecule has 0 heterocycles. The highest BCUT2D eigenvalue weighted by Crippen LogP contribution is 2.16. The van der Waals surface area contributed by atoms with Crippen LogP contribution >= 0.6 is 0 Å². The van der Waals surface area contributed by atoms with E-state index in [1.807, 2.05) is 10.8 Å². The van der Waals surface area contributed by atoms with Gasteiger partial charge in [0.1, 0.15) is 11.9 Å². The molecule has 3 aromatic rings. The van der Waals surface area contributed by atoms with E-state index >= 15 is 0 Å². The number of hydrogen-bond acceptors (Lipinski definition) is 4. The predicted molar refractivity (Wildman–Crippen MR) is 119 cm³/mol. The van der Waals surface area contributed by atoms with Crippen LogP contribution in [0.2, 0.25) is 0 Å². The van der Waals surface area contributed by atoms with Gasteiger partial charge in [0.25, 0.3) is 10.0 Å². The number of rotatable bonds is 7. The molecule has 32 heavy (non-hydrogen) atoms. The molecule has 3 aromatic carbocycles. The van der Waals surface area contributed by atoms with Crippen molar-refractivity contribution < 1.29 is 22.4 Å². The lowest BCUT2D eigenvalue weighted by molar-refractivity contribution is -0.120. The quantitative estimate of drug-likeness (QED) is 0.572. The molecule has 0 aromatic heterocycles. The van der Waals surface area contributed by atoms with Crippen LogP contribution in [0.5, 0.6) is 0 Å².